The first-order valence-corrected chi connectivity index (χ1v) is 13.1. The number of nitrogens with zero attached hydrogens (tertiary/aromatic N) is 3. The van der Waals surface area contributed by atoms with E-state index in [9.17, 15) is 4.79 Å². The lowest BCUT2D eigenvalue weighted by atomic mass is 10.3. The number of fused-ring (bicyclic) bond motifs is 1. The minimum Gasteiger partial charge on any atom is -0.494 e. The molecular formula is C23H27Cl2N3O2S2. The van der Waals surface area contributed by atoms with E-state index in [4.69, 9.17) is 32.9 Å². The molecule has 5 nitrogen and oxygen atoms in total. The Hall–Kier alpha value is -1.51. The molecule has 32 heavy (non-hydrogen) atoms. The standard InChI is InChI=1S/C23H27Cl2N3O2S2/c1-4-27(5-2)13-14-28(20(29)12-15-31-17-8-6-16(24)7-9-17)23-26-21-19(30-3)11-10-18(25)22(21)32-23/h6-11H,4-5,12-15H2,1-3H3. The molecule has 0 unspecified atom stereocenters. The van der Waals surface area contributed by atoms with Crippen LogP contribution in [0.25, 0.3) is 10.2 Å². The molecule has 3 aromatic rings. The smallest absolute Gasteiger partial charge is 0.229 e. The van der Waals surface area contributed by atoms with Crippen LogP contribution in [0.2, 0.25) is 10.0 Å². The molecule has 0 aliphatic carbocycles. The fraction of sp³-hybridized carbons (Fsp3) is 0.391. The molecule has 0 N–H and O–H groups in total. The fourth-order valence-electron chi connectivity index (χ4n) is 3.25. The summed E-state index contributed by atoms with van der Waals surface area (Å²) in [5, 5.41) is 1.97. The van der Waals surface area contributed by atoms with Gasteiger partial charge in [0.25, 0.3) is 0 Å². The maximum absolute atomic E-state index is 13.3. The number of carbonyl (C=O) groups excluding carboxylic acids is 1. The molecular weight excluding hydrogens is 485 g/mol. The van der Waals surface area contributed by atoms with E-state index in [-0.39, 0.29) is 5.91 Å². The van der Waals surface area contributed by atoms with E-state index in [1.807, 2.05) is 24.3 Å². The Kier molecular flexibility index (Phi) is 9.49. The molecule has 3 rings (SSSR count). The molecule has 2 aromatic carbocycles. The number of benzene rings is 2. The number of hydrogen-bond donors (Lipinski definition) is 0. The van der Waals surface area contributed by atoms with Crippen molar-refractivity contribution in [2.75, 3.05) is 43.9 Å². The second-order valence-corrected chi connectivity index (χ2v) is 10.0. The summed E-state index contributed by atoms with van der Waals surface area (Å²) < 4.78 is 6.28. The molecule has 0 aliphatic heterocycles. The van der Waals surface area contributed by atoms with Crippen molar-refractivity contribution in [2.45, 2.75) is 25.2 Å². The summed E-state index contributed by atoms with van der Waals surface area (Å²) in [6, 6.07) is 11.3. The Labute approximate surface area is 207 Å². The third kappa shape index (κ3) is 6.29. The number of amides is 1. The van der Waals surface area contributed by atoms with E-state index >= 15 is 0 Å². The first-order chi connectivity index (χ1) is 15.5. The minimum atomic E-state index is 0.0489. The second-order valence-electron chi connectivity index (χ2n) is 7.05. The summed E-state index contributed by atoms with van der Waals surface area (Å²) in [4.78, 5) is 23.2. The van der Waals surface area contributed by atoms with Crippen LogP contribution in [0.1, 0.15) is 20.3 Å². The SMILES string of the molecule is CCN(CC)CCN(C(=O)CCSc1ccc(Cl)cc1)c1nc2c(OC)ccc(Cl)c2s1. The summed E-state index contributed by atoms with van der Waals surface area (Å²) in [6.07, 6.45) is 0.409. The van der Waals surface area contributed by atoms with E-state index in [2.05, 4.69) is 18.7 Å². The number of rotatable bonds is 11. The van der Waals surface area contributed by atoms with Gasteiger partial charge in [-0.25, -0.2) is 4.98 Å². The fourth-order valence-corrected chi connectivity index (χ4v) is 5.52. The first kappa shape index (κ1) is 25.1. The zero-order valence-corrected chi connectivity index (χ0v) is 21.6. The van der Waals surface area contributed by atoms with Crippen LogP contribution in [0.15, 0.2) is 41.3 Å². The van der Waals surface area contributed by atoms with Gasteiger partial charge >= 0.3 is 0 Å². The van der Waals surface area contributed by atoms with Gasteiger partial charge in [-0.2, -0.15) is 0 Å². The van der Waals surface area contributed by atoms with Gasteiger partial charge in [-0.3, -0.25) is 9.69 Å². The molecule has 1 heterocycles. The summed E-state index contributed by atoms with van der Waals surface area (Å²) in [7, 11) is 1.61. The quantitative estimate of drug-likeness (QED) is 0.276. The summed E-state index contributed by atoms with van der Waals surface area (Å²) in [5.74, 6) is 1.38. The van der Waals surface area contributed by atoms with Crippen molar-refractivity contribution in [2.24, 2.45) is 0 Å². The van der Waals surface area contributed by atoms with Crippen molar-refractivity contribution in [3.63, 3.8) is 0 Å². The number of thioether (sulfide) groups is 1. The molecule has 0 radical (unpaired) electrons. The number of ether oxygens (including phenoxy) is 1. The minimum absolute atomic E-state index is 0.0489. The van der Waals surface area contributed by atoms with Crippen LogP contribution < -0.4 is 9.64 Å². The lowest BCUT2D eigenvalue weighted by Crippen LogP contribution is -2.39. The number of thiazole rings is 1. The number of hydrogen-bond acceptors (Lipinski definition) is 6. The van der Waals surface area contributed by atoms with Gasteiger partial charge in [0.05, 0.1) is 16.8 Å². The second kappa shape index (κ2) is 12.1. The molecule has 1 aromatic heterocycles. The maximum Gasteiger partial charge on any atom is 0.229 e. The van der Waals surface area contributed by atoms with Crippen molar-refractivity contribution in [1.82, 2.24) is 9.88 Å². The van der Waals surface area contributed by atoms with Crippen LogP contribution in [-0.2, 0) is 4.79 Å². The highest BCUT2D eigenvalue weighted by atomic mass is 35.5. The van der Waals surface area contributed by atoms with Crippen molar-refractivity contribution in [1.29, 1.82) is 0 Å². The van der Waals surface area contributed by atoms with Crippen molar-refractivity contribution < 1.29 is 9.53 Å². The Morgan fingerprint density at radius 1 is 1.09 bits per heavy atom. The van der Waals surface area contributed by atoms with Crippen LogP contribution in [0.4, 0.5) is 5.13 Å². The number of anilines is 1. The molecule has 0 saturated heterocycles. The Morgan fingerprint density at radius 2 is 1.81 bits per heavy atom. The van der Waals surface area contributed by atoms with E-state index in [1.54, 1.807) is 35.9 Å². The van der Waals surface area contributed by atoms with Crippen LogP contribution in [-0.4, -0.2) is 54.8 Å². The topological polar surface area (TPSA) is 45.7 Å². The summed E-state index contributed by atoms with van der Waals surface area (Å²) in [6.45, 7) is 7.48. The molecule has 0 bridgehead atoms. The average molecular weight is 513 g/mol. The Balaban J connectivity index is 1.79. The van der Waals surface area contributed by atoms with E-state index in [1.165, 1.54) is 11.3 Å². The number of halogens is 2. The van der Waals surface area contributed by atoms with Gasteiger partial charge in [-0.1, -0.05) is 48.4 Å². The number of methoxy groups -OCH3 is 1. The van der Waals surface area contributed by atoms with Gasteiger partial charge in [-0.15, -0.1) is 11.8 Å². The largest absolute Gasteiger partial charge is 0.494 e. The monoisotopic (exact) mass is 511 g/mol. The van der Waals surface area contributed by atoms with Gasteiger partial charge in [0.2, 0.25) is 5.91 Å². The molecule has 172 valence electrons. The van der Waals surface area contributed by atoms with Crippen LogP contribution in [0.5, 0.6) is 5.75 Å². The van der Waals surface area contributed by atoms with Gasteiger partial charge < -0.3 is 9.64 Å². The van der Waals surface area contributed by atoms with Crippen LogP contribution >= 0.6 is 46.3 Å². The molecule has 0 saturated carbocycles. The molecule has 0 spiro atoms. The third-order valence-electron chi connectivity index (χ3n) is 5.13. The van der Waals surface area contributed by atoms with Crippen molar-refractivity contribution >= 4 is 67.6 Å². The van der Waals surface area contributed by atoms with Gasteiger partial charge in [0.1, 0.15) is 11.3 Å². The molecule has 1 amide bonds. The zero-order chi connectivity index (χ0) is 23.1. The van der Waals surface area contributed by atoms with E-state index < -0.39 is 0 Å². The highest BCUT2D eigenvalue weighted by Crippen LogP contribution is 2.39. The molecule has 9 heteroatoms. The van der Waals surface area contributed by atoms with Crippen LogP contribution in [0, 0.1) is 0 Å². The van der Waals surface area contributed by atoms with E-state index in [0.29, 0.717) is 45.2 Å². The summed E-state index contributed by atoms with van der Waals surface area (Å²) in [5.41, 5.74) is 0.691. The average Bonchev–Trinajstić information content (AvgIpc) is 3.24. The predicted octanol–water partition coefficient (Wildman–Crippen LogP) is 6.47. The third-order valence-corrected chi connectivity index (χ3v) is 7.94. The molecule has 0 fully saturated rings. The lowest BCUT2D eigenvalue weighted by Gasteiger charge is -2.24. The normalized spacial score (nSPS) is 11.3. The van der Waals surface area contributed by atoms with E-state index in [0.717, 1.165) is 29.2 Å². The molecule has 0 atom stereocenters. The van der Waals surface area contributed by atoms with Crippen LogP contribution in [0.3, 0.4) is 0 Å². The highest BCUT2D eigenvalue weighted by Gasteiger charge is 2.22. The maximum atomic E-state index is 13.3. The lowest BCUT2D eigenvalue weighted by molar-refractivity contribution is -0.118. The first-order valence-electron chi connectivity index (χ1n) is 10.5. The van der Waals surface area contributed by atoms with Gasteiger partial charge in [-0.05, 0) is 49.5 Å². The number of aromatic nitrogens is 1. The predicted molar refractivity (Wildman–Crippen MR) is 138 cm³/mol. The van der Waals surface area contributed by atoms with Gasteiger partial charge in [0.15, 0.2) is 5.13 Å². The highest BCUT2D eigenvalue weighted by molar-refractivity contribution is 7.99. The Morgan fingerprint density at radius 3 is 2.47 bits per heavy atom. The van der Waals surface area contributed by atoms with Gasteiger partial charge in [0, 0.05) is 35.2 Å². The molecule has 0 aliphatic rings. The Bertz CT molecular complexity index is 1040. The number of likely N-dealkylation sites (N-methyl/N-ethyl adjacent to an activating group) is 1. The van der Waals surface area contributed by atoms with Crippen molar-refractivity contribution in [3.05, 3.63) is 46.4 Å². The number of carbonyl (C=O) groups is 1. The van der Waals surface area contributed by atoms with Crippen molar-refractivity contribution in [3.8, 4) is 5.75 Å². The zero-order valence-electron chi connectivity index (χ0n) is 18.4. The summed E-state index contributed by atoms with van der Waals surface area (Å²) >= 11 is 15.4.